The SMILES string of the molecule is COCCN1CCC(c2cc3c(ncn3C(C)C)c(N(C)CCOC)n2)CC1.O=C(O)C(F)(F)F.O=C(O)C(F)(F)F. The third-order valence-corrected chi connectivity index (χ3v) is 6.21. The molecule has 0 saturated carbocycles. The van der Waals surface area contributed by atoms with E-state index in [1.807, 2.05) is 6.33 Å². The molecule has 1 fully saturated rings. The number of alkyl halides is 6. The zero-order valence-corrected chi connectivity index (χ0v) is 24.0. The molecule has 1 aliphatic heterocycles. The minimum atomic E-state index is -5.08. The molecular formula is C25H37F6N5O6. The monoisotopic (exact) mass is 617 g/mol. The number of fused-ring (bicyclic) bond motifs is 1. The highest BCUT2D eigenvalue weighted by Gasteiger charge is 2.38. The van der Waals surface area contributed by atoms with E-state index in [9.17, 15) is 26.3 Å². The molecule has 2 aromatic heterocycles. The van der Waals surface area contributed by atoms with Gasteiger partial charge in [-0.05, 0) is 45.8 Å². The number of likely N-dealkylation sites (tertiary alicyclic amines) is 1. The first-order valence-corrected chi connectivity index (χ1v) is 12.8. The molecule has 3 heterocycles. The summed E-state index contributed by atoms with van der Waals surface area (Å²) >= 11 is 0. The number of halogens is 6. The number of carbonyl (C=O) groups is 2. The van der Waals surface area contributed by atoms with Crippen molar-refractivity contribution in [1.82, 2.24) is 19.4 Å². The Kier molecular flexibility index (Phi) is 14.4. The number of anilines is 1. The highest BCUT2D eigenvalue weighted by molar-refractivity contribution is 5.87. The summed E-state index contributed by atoms with van der Waals surface area (Å²) in [6.45, 7) is 9.89. The largest absolute Gasteiger partial charge is 0.490 e. The van der Waals surface area contributed by atoms with Gasteiger partial charge in [0.2, 0.25) is 0 Å². The number of aliphatic carboxylic acids is 2. The average molecular weight is 618 g/mol. The number of rotatable bonds is 9. The number of ether oxygens (including phenoxy) is 2. The maximum Gasteiger partial charge on any atom is 0.490 e. The van der Waals surface area contributed by atoms with Gasteiger partial charge < -0.3 is 34.1 Å². The number of carboxylic acid groups (broad SMARTS) is 2. The molecule has 3 rings (SSSR count). The number of likely N-dealkylation sites (N-methyl/N-ethyl adjacent to an activating group) is 1. The van der Waals surface area contributed by atoms with Crippen molar-refractivity contribution in [2.45, 2.75) is 51.0 Å². The van der Waals surface area contributed by atoms with E-state index in [0.717, 1.165) is 57.0 Å². The van der Waals surface area contributed by atoms with E-state index in [0.29, 0.717) is 18.6 Å². The molecule has 0 aliphatic carbocycles. The molecule has 17 heteroatoms. The highest BCUT2D eigenvalue weighted by atomic mass is 19.4. The van der Waals surface area contributed by atoms with E-state index >= 15 is 0 Å². The molecule has 0 atom stereocenters. The fourth-order valence-electron chi connectivity index (χ4n) is 3.93. The molecule has 240 valence electrons. The topological polar surface area (TPSA) is 130 Å². The number of aromatic nitrogens is 3. The van der Waals surface area contributed by atoms with Gasteiger partial charge >= 0.3 is 24.3 Å². The van der Waals surface area contributed by atoms with Crippen molar-refractivity contribution < 1.29 is 55.6 Å². The summed E-state index contributed by atoms with van der Waals surface area (Å²) in [5, 5.41) is 14.2. The van der Waals surface area contributed by atoms with Crippen LogP contribution >= 0.6 is 0 Å². The summed E-state index contributed by atoms with van der Waals surface area (Å²) in [5.41, 5.74) is 3.36. The number of imidazole rings is 1. The first kappa shape index (κ1) is 36.8. The summed E-state index contributed by atoms with van der Waals surface area (Å²) in [6.07, 6.45) is -5.94. The normalized spacial score (nSPS) is 14.7. The Bertz CT molecular complexity index is 1110. The van der Waals surface area contributed by atoms with Gasteiger partial charge in [0.25, 0.3) is 0 Å². The Morgan fingerprint density at radius 1 is 1.02 bits per heavy atom. The van der Waals surface area contributed by atoms with Gasteiger partial charge in [-0.3, -0.25) is 0 Å². The van der Waals surface area contributed by atoms with Crippen LogP contribution in [0.3, 0.4) is 0 Å². The first-order chi connectivity index (χ1) is 19.4. The summed E-state index contributed by atoms with van der Waals surface area (Å²) < 4.78 is 76.2. The van der Waals surface area contributed by atoms with Gasteiger partial charge in [0.1, 0.15) is 5.52 Å². The minimum absolute atomic E-state index is 0.369. The second kappa shape index (κ2) is 16.5. The van der Waals surface area contributed by atoms with Gasteiger partial charge in [-0.1, -0.05) is 0 Å². The van der Waals surface area contributed by atoms with E-state index in [-0.39, 0.29) is 0 Å². The van der Waals surface area contributed by atoms with Crippen molar-refractivity contribution in [3.8, 4) is 0 Å². The number of piperidine rings is 1. The lowest BCUT2D eigenvalue weighted by molar-refractivity contribution is -0.193. The van der Waals surface area contributed by atoms with Crippen molar-refractivity contribution >= 4 is 28.8 Å². The Morgan fingerprint density at radius 3 is 1.95 bits per heavy atom. The number of methoxy groups -OCH3 is 2. The lowest BCUT2D eigenvalue weighted by atomic mass is 9.92. The van der Waals surface area contributed by atoms with Crippen molar-refractivity contribution in [3.05, 3.63) is 18.1 Å². The Morgan fingerprint density at radius 2 is 1.52 bits per heavy atom. The lowest BCUT2D eigenvalue weighted by Gasteiger charge is -2.32. The maximum absolute atomic E-state index is 10.6. The van der Waals surface area contributed by atoms with Crippen LogP contribution < -0.4 is 4.90 Å². The highest BCUT2D eigenvalue weighted by Crippen LogP contribution is 2.33. The van der Waals surface area contributed by atoms with Crippen LogP contribution in [0.1, 0.15) is 44.3 Å². The van der Waals surface area contributed by atoms with E-state index in [1.165, 1.54) is 11.2 Å². The van der Waals surface area contributed by atoms with E-state index in [4.69, 9.17) is 39.2 Å². The van der Waals surface area contributed by atoms with Crippen LogP contribution in [0.5, 0.6) is 0 Å². The van der Waals surface area contributed by atoms with Crippen LogP contribution in [0.4, 0.5) is 32.2 Å². The molecular weight excluding hydrogens is 580 g/mol. The second-order valence-corrected chi connectivity index (χ2v) is 9.61. The van der Waals surface area contributed by atoms with Gasteiger partial charge in [0.15, 0.2) is 5.82 Å². The molecule has 0 spiro atoms. The van der Waals surface area contributed by atoms with Crippen LogP contribution in [0.2, 0.25) is 0 Å². The summed E-state index contributed by atoms with van der Waals surface area (Å²) in [5.74, 6) is -4.06. The number of carboxylic acids is 2. The zero-order chi connectivity index (χ0) is 32.3. The molecule has 0 aromatic carbocycles. The predicted octanol–water partition coefficient (Wildman–Crippen LogP) is 4.19. The third-order valence-electron chi connectivity index (χ3n) is 6.21. The lowest BCUT2D eigenvalue weighted by Crippen LogP contribution is -2.35. The van der Waals surface area contributed by atoms with Gasteiger partial charge in [0, 0.05) is 52.0 Å². The molecule has 1 saturated heterocycles. The van der Waals surface area contributed by atoms with Gasteiger partial charge in [-0.2, -0.15) is 26.3 Å². The van der Waals surface area contributed by atoms with E-state index < -0.39 is 24.3 Å². The summed E-state index contributed by atoms with van der Waals surface area (Å²) in [7, 11) is 5.58. The maximum atomic E-state index is 10.6. The van der Waals surface area contributed by atoms with Crippen LogP contribution in [0.15, 0.2) is 12.4 Å². The van der Waals surface area contributed by atoms with Gasteiger partial charge in [-0.15, -0.1) is 0 Å². The molecule has 1 aliphatic rings. The van der Waals surface area contributed by atoms with Crippen molar-refractivity contribution in [3.63, 3.8) is 0 Å². The summed E-state index contributed by atoms with van der Waals surface area (Å²) in [6, 6.07) is 2.64. The Hall–Kier alpha value is -3.18. The summed E-state index contributed by atoms with van der Waals surface area (Å²) in [4.78, 5) is 32.2. The van der Waals surface area contributed by atoms with Crippen LogP contribution in [0, 0.1) is 0 Å². The van der Waals surface area contributed by atoms with E-state index in [2.05, 4.69) is 41.3 Å². The number of nitrogens with zero attached hydrogens (tertiary/aromatic N) is 5. The second-order valence-electron chi connectivity index (χ2n) is 9.61. The van der Waals surface area contributed by atoms with Gasteiger partial charge in [-0.25, -0.2) is 19.6 Å². The molecule has 0 radical (unpaired) electrons. The standard InChI is InChI=1S/C21H35N5O2.2C2HF3O2/c1-16(2)26-15-22-20-19(26)14-18(23-21(20)24(3)10-12-27-4)17-6-8-25(9-7-17)11-13-28-5;2*3-2(4,5)1(6)7/h14-17H,6-13H2,1-5H3;2*(H,6,7). The first-order valence-electron chi connectivity index (χ1n) is 12.8. The third kappa shape index (κ3) is 11.6. The smallest absolute Gasteiger partial charge is 0.475 e. The molecule has 0 bridgehead atoms. The van der Waals surface area contributed by atoms with Crippen LogP contribution in [0.25, 0.3) is 11.0 Å². The van der Waals surface area contributed by atoms with Crippen molar-refractivity contribution in [1.29, 1.82) is 0 Å². The van der Waals surface area contributed by atoms with Gasteiger partial charge in [0.05, 0.1) is 25.1 Å². The molecule has 11 nitrogen and oxygen atoms in total. The average Bonchev–Trinajstić information content (AvgIpc) is 3.34. The number of hydrogen-bond donors (Lipinski definition) is 2. The number of hydrogen-bond acceptors (Lipinski definition) is 8. The quantitative estimate of drug-likeness (QED) is 0.395. The molecule has 2 aromatic rings. The van der Waals surface area contributed by atoms with Crippen molar-refractivity contribution in [2.24, 2.45) is 0 Å². The zero-order valence-electron chi connectivity index (χ0n) is 24.0. The predicted molar refractivity (Wildman–Crippen MR) is 141 cm³/mol. The Labute approximate surface area is 239 Å². The minimum Gasteiger partial charge on any atom is -0.475 e. The van der Waals surface area contributed by atoms with Crippen LogP contribution in [-0.2, 0) is 19.1 Å². The molecule has 2 N–H and O–H groups in total. The van der Waals surface area contributed by atoms with E-state index in [1.54, 1.807) is 14.2 Å². The fourth-order valence-corrected chi connectivity index (χ4v) is 3.93. The fraction of sp³-hybridized carbons (Fsp3) is 0.680. The number of pyridine rings is 1. The van der Waals surface area contributed by atoms with Crippen molar-refractivity contribution in [2.75, 3.05) is 65.6 Å². The van der Waals surface area contributed by atoms with Crippen LogP contribution in [-0.4, -0.2) is 115 Å². The molecule has 0 unspecified atom stereocenters. The molecule has 0 amide bonds. The Balaban J connectivity index is 0.000000522. The molecule has 42 heavy (non-hydrogen) atoms.